The van der Waals surface area contributed by atoms with Crippen LogP contribution in [0, 0.1) is 5.82 Å². The zero-order valence-corrected chi connectivity index (χ0v) is 17.5. The first-order valence-electron chi connectivity index (χ1n) is 10.6. The van der Waals surface area contributed by atoms with E-state index in [4.69, 9.17) is 0 Å². The summed E-state index contributed by atoms with van der Waals surface area (Å²) in [7, 11) is 0. The fourth-order valence-corrected chi connectivity index (χ4v) is 4.23. The topological polar surface area (TPSA) is 77.2 Å². The van der Waals surface area contributed by atoms with Crippen LogP contribution in [-0.4, -0.2) is 42.0 Å². The number of carbonyl (C=O) groups excluding carboxylic acids is 2. The maximum absolute atomic E-state index is 13.5. The van der Waals surface area contributed by atoms with Crippen LogP contribution in [0.5, 0.6) is 0 Å². The Morgan fingerprint density at radius 3 is 2.68 bits per heavy atom. The van der Waals surface area contributed by atoms with Crippen molar-refractivity contribution in [1.29, 1.82) is 0 Å². The van der Waals surface area contributed by atoms with Crippen molar-refractivity contribution in [3.63, 3.8) is 0 Å². The zero-order valence-electron chi connectivity index (χ0n) is 17.5. The molecule has 0 radical (unpaired) electrons. The Kier molecular flexibility index (Phi) is 6.21. The number of hydrogen-bond acceptors (Lipinski definition) is 3. The summed E-state index contributed by atoms with van der Waals surface area (Å²) in [6.07, 6.45) is 3.84. The summed E-state index contributed by atoms with van der Waals surface area (Å²) in [5, 5.41) is 6.95. The van der Waals surface area contributed by atoms with Gasteiger partial charge in [-0.15, -0.1) is 0 Å². The monoisotopic (exact) mass is 422 g/mol. The Bertz CT molecular complexity index is 1070. The van der Waals surface area contributed by atoms with Gasteiger partial charge in [0.25, 0.3) is 0 Å². The van der Waals surface area contributed by atoms with Gasteiger partial charge in [0.15, 0.2) is 0 Å². The number of aromatic nitrogens is 1. The maximum Gasteiger partial charge on any atom is 0.243 e. The number of carbonyl (C=O) groups is 2. The van der Waals surface area contributed by atoms with Gasteiger partial charge < -0.3 is 20.5 Å². The van der Waals surface area contributed by atoms with Crippen molar-refractivity contribution in [2.75, 3.05) is 18.0 Å². The van der Waals surface area contributed by atoms with Gasteiger partial charge >= 0.3 is 0 Å². The van der Waals surface area contributed by atoms with Gasteiger partial charge in [0, 0.05) is 55.3 Å². The molecule has 1 saturated heterocycles. The number of anilines is 1. The number of nitrogens with one attached hydrogen (secondary N) is 3. The molecule has 1 aliphatic heterocycles. The maximum atomic E-state index is 13.5. The lowest BCUT2D eigenvalue weighted by atomic mass is 10.0. The van der Waals surface area contributed by atoms with Crippen LogP contribution in [-0.2, 0) is 16.0 Å². The molecular formula is C24H27FN4O2. The lowest BCUT2D eigenvalue weighted by Crippen LogP contribution is -2.52. The van der Waals surface area contributed by atoms with Crippen LogP contribution in [0.25, 0.3) is 10.9 Å². The number of halogens is 1. The lowest BCUT2D eigenvalue weighted by Gasteiger charge is -2.34. The number of para-hydroxylation sites is 1. The van der Waals surface area contributed by atoms with E-state index in [1.165, 1.54) is 19.1 Å². The molecule has 0 saturated carbocycles. The highest BCUT2D eigenvalue weighted by atomic mass is 19.1. The van der Waals surface area contributed by atoms with Crippen molar-refractivity contribution in [2.45, 2.75) is 38.3 Å². The van der Waals surface area contributed by atoms with Gasteiger partial charge in [-0.2, -0.15) is 0 Å². The Morgan fingerprint density at radius 1 is 1.16 bits per heavy atom. The number of nitrogens with zero attached hydrogens (tertiary/aromatic N) is 1. The van der Waals surface area contributed by atoms with E-state index < -0.39 is 6.04 Å². The Hall–Kier alpha value is -3.35. The van der Waals surface area contributed by atoms with Crippen LogP contribution in [0.1, 0.15) is 25.3 Å². The van der Waals surface area contributed by atoms with Gasteiger partial charge in [0.1, 0.15) is 11.9 Å². The molecule has 0 spiro atoms. The van der Waals surface area contributed by atoms with Gasteiger partial charge in [-0.05, 0) is 42.7 Å². The average molecular weight is 423 g/mol. The SMILES string of the molecule is CC(=O)NC(Cc1c[nH]c2ccccc12)C(=O)NC1CCN(c2cccc(F)c2)CC1. The Labute approximate surface area is 180 Å². The lowest BCUT2D eigenvalue weighted by molar-refractivity contribution is -0.128. The summed E-state index contributed by atoms with van der Waals surface area (Å²) in [4.78, 5) is 30.1. The third kappa shape index (κ3) is 5.05. The predicted octanol–water partition coefficient (Wildman–Crippen LogP) is 3.14. The second-order valence-electron chi connectivity index (χ2n) is 8.07. The summed E-state index contributed by atoms with van der Waals surface area (Å²) in [6, 6.07) is 13.9. The first-order valence-corrected chi connectivity index (χ1v) is 10.6. The average Bonchev–Trinajstić information content (AvgIpc) is 3.16. The van der Waals surface area contributed by atoms with E-state index >= 15 is 0 Å². The van der Waals surface area contributed by atoms with E-state index in [0.29, 0.717) is 6.42 Å². The van der Waals surface area contributed by atoms with Crippen LogP contribution in [0.15, 0.2) is 54.7 Å². The molecule has 2 amide bonds. The molecular weight excluding hydrogens is 395 g/mol. The van der Waals surface area contributed by atoms with Crippen LogP contribution in [0.3, 0.4) is 0 Å². The van der Waals surface area contributed by atoms with Crippen molar-refractivity contribution in [3.05, 3.63) is 66.1 Å². The summed E-state index contributed by atoms with van der Waals surface area (Å²) < 4.78 is 13.5. The van der Waals surface area contributed by atoms with Gasteiger partial charge in [-0.3, -0.25) is 9.59 Å². The molecule has 1 aliphatic rings. The number of aromatic amines is 1. The summed E-state index contributed by atoms with van der Waals surface area (Å²) >= 11 is 0. The van der Waals surface area contributed by atoms with E-state index in [9.17, 15) is 14.0 Å². The highest BCUT2D eigenvalue weighted by Gasteiger charge is 2.26. The number of rotatable bonds is 6. The third-order valence-corrected chi connectivity index (χ3v) is 5.81. The molecule has 0 aliphatic carbocycles. The number of amides is 2. The van der Waals surface area contributed by atoms with Crippen molar-refractivity contribution < 1.29 is 14.0 Å². The second-order valence-corrected chi connectivity index (χ2v) is 8.07. The molecule has 1 fully saturated rings. The molecule has 2 aromatic carbocycles. The number of benzene rings is 2. The first-order chi connectivity index (χ1) is 15.0. The largest absolute Gasteiger partial charge is 0.371 e. The van der Waals surface area contributed by atoms with E-state index in [1.807, 2.05) is 36.5 Å². The summed E-state index contributed by atoms with van der Waals surface area (Å²) in [5.41, 5.74) is 2.86. The molecule has 31 heavy (non-hydrogen) atoms. The van der Waals surface area contributed by atoms with Gasteiger partial charge in [0.2, 0.25) is 11.8 Å². The fraction of sp³-hybridized carbons (Fsp3) is 0.333. The molecule has 6 nitrogen and oxygen atoms in total. The van der Waals surface area contributed by atoms with Crippen molar-refractivity contribution in [2.24, 2.45) is 0 Å². The van der Waals surface area contributed by atoms with E-state index in [1.54, 1.807) is 6.07 Å². The predicted molar refractivity (Wildman–Crippen MR) is 119 cm³/mol. The minimum absolute atomic E-state index is 0.0246. The molecule has 7 heteroatoms. The summed E-state index contributed by atoms with van der Waals surface area (Å²) in [5.74, 6) is -0.658. The quantitative estimate of drug-likeness (QED) is 0.571. The third-order valence-electron chi connectivity index (χ3n) is 5.81. The van der Waals surface area contributed by atoms with Crippen LogP contribution >= 0.6 is 0 Å². The highest BCUT2D eigenvalue weighted by molar-refractivity contribution is 5.89. The number of piperidine rings is 1. The summed E-state index contributed by atoms with van der Waals surface area (Å²) in [6.45, 7) is 2.90. The van der Waals surface area contributed by atoms with Gasteiger partial charge in [-0.25, -0.2) is 4.39 Å². The second kappa shape index (κ2) is 9.20. The Morgan fingerprint density at radius 2 is 1.94 bits per heavy atom. The minimum atomic E-state index is -0.641. The Balaban J connectivity index is 1.38. The molecule has 1 atom stereocenters. The van der Waals surface area contributed by atoms with Crippen molar-refractivity contribution in [3.8, 4) is 0 Å². The van der Waals surface area contributed by atoms with E-state index in [2.05, 4.69) is 20.5 Å². The smallest absolute Gasteiger partial charge is 0.243 e. The number of hydrogen-bond donors (Lipinski definition) is 3. The normalized spacial score (nSPS) is 15.6. The van der Waals surface area contributed by atoms with Crippen LogP contribution < -0.4 is 15.5 Å². The molecule has 1 aromatic heterocycles. The van der Waals surface area contributed by atoms with Crippen LogP contribution in [0.2, 0.25) is 0 Å². The molecule has 2 heterocycles. The van der Waals surface area contributed by atoms with Crippen molar-refractivity contribution >= 4 is 28.4 Å². The zero-order chi connectivity index (χ0) is 21.8. The molecule has 3 N–H and O–H groups in total. The van der Waals surface area contributed by atoms with E-state index in [-0.39, 0.29) is 23.7 Å². The molecule has 1 unspecified atom stereocenters. The fourth-order valence-electron chi connectivity index (χ4n) is 4.23. The molecule has 3 aromatic rings. The molecule has 162 valence electrons. The highest BCUT2D eigenvalue weighted by Crippen LogP contribution is 2.22. The minimum Gasteiger partial charge on any atom is -0.371 e. The van der Waals surface area contributed by atoms with Gasteiger partial charge in [0.05, 0.1) is 0 Å². The van der Waals surface area contributed by atoms with Gasteiger partial charge in [-0.1, -0.05) is 24.3 Å². The molecule has 0 bridgehead atoms. The van der Waals surface area contributed by atoms with Crippen molar-refractivity contribution in [1.82, 2.24) is 15.6 Å². The number of H-pyrrole nitrogens is 1. The number of fused-ring (bicyclic) bond motifs is 1. The molecule has 4 rings (SSSR count). The van der Waals surface area contributed by atoms with E-state index in [0.717, 1.165) is 48.1 Å². The first kappa shape index (κ1) is 20.9. The standard InChI is InChI=1S/C24H27FN4O2/c1-16(30)27-23(13-17-15-26-22-8-3-2-7-21(17)22)24(31)28-19-9-11-29(12-10-19)20-6-4-5-18(25)14-20/h2-8,14-15,19,23,26H,9-13H2,1H3,(H,27,30)(H,28,31). The van der Waals surface area contributed by atoms with Crippen LogP contribution in [0.4, 0.5) is 10.1 Å².